The summed E-state index contributed by atoms with van der Waals surface area (Å²) in [6.45, 7) is 5.87. The van der Waals surface area contributed by atoms with Crippen LogP contribution >= 0.6 is 11.6 Å². The molecule has 22 heavy (non-hydrogen) atoms. The Kier molecular flexibility index (Phi) is 7.69. The molecule has 0 atom stereocenters. The number of rotatable bonds is 4. The van der Waals surface area contributed by atoms with Crippen LogP contribution in [0.3, 0.4) is 0 Å². The van der Waals surface area contributed by atoms with E-state index in [0.29, 0.717) is 10.6 Å². The maximum absolute atomic E-state index is 11.3. The van der Waals surface area contributed by atoms with Gasteiger partial charge in [0.1, 0.15) is 5.75 Å². The van der Waals surface area contributed by atoms with Crippen LogP contribution in [0.4, 0.5) is 0 Å². The number of hydrogen-bond donors (Lipinski definition) is 0. The summed E-state index contributed by atoms with van der Waals surface area (Å²) < 4.78 is 5.11. The highest BCUT2D eigenvalue weighted by Crippen LogP contribution is 2.27. The summed E-state index contributed by atoms with van der Waals surface area (Å²) in [6, 6.07) is 13.1. The molecule has 0 aliphatic rings. The summed E-state index contributed by atoms with van der Waals surface area (Å²) in [5.41, 5.74) is 2.56. The van der Waals surface area contributed by atoms with Crippen molar-refractivity contribution < 1.29 is 9.53 Å². The topological polar surface area (TPSA) is 26.3 Å². The van der Waals surface area contributed by atoms with E-state index in [0.717, 1.165) is 16.9 Å². The Bertz CT molecular complexity index is 601. The van der Waals surface area contributed by atoms with Gasteiger partial charge in [-0.1, -0.05) is 56.5 Å². The van der Waals surface area contributed by atoms with Crippen molar-refractivity contribution in [3.05, 3.63) is 53.1 Å². The molecule has 118 valence electrons. The van der Waals surface area contributed by atoms with Crippen LogP contribution in [-0.4, -0.2) is 12.9 Å². The molecule has 0 aromatic heterocycles. The zero-order valence-corrected chi connectivity index (χ0v) is 14.4. The number of methoxy groups -OCH3 is 1. The van der Waals surface area contributed by atoms with E-state index < -0.39 is 0 Å². The van der Waals surface area contributed by atoms with Gasteiger partial charge >= 0.3 is 0 Å². The molecule has 0 N–H and O–H groups in total. The van der Waals surface area contributed by atoms with Crippen LogP contribution in [0, 0.1) is 0 Å². The number of halogens is 1. The van der Waals surface area contributed by atoms with Crippen LogP contribution in [0.1, 0.15) is 44.0 Å². The molecular formula is C19H23ClO2. The molecule has 2 nitrogen and oxygen atoms in total. The summed E-state index contributed by atoms with van der Waals surface area (Å²) in [4.78, 5) is 11.3. The first-order chi connectivity index (χ1) is 10.5. The summed E-state index contributed by atoms with van der Waals surface area (Å²) in [6.07, 6.45) is 2.64. The summed E-state index contributed by atoms with van der Waals surface area (Å²) in [5, 5.41) is 0.482. The van der Waals surface area contributed by atoms with Crippen molar-refractivity contribution in [2.45, 2.75) is 33.6 Å². The number of carbonyl (C=O) groups excluding carboxylic acids is 1. The minimum atomic E-state index is -0.0266. The predicted molar refractivity (Wildman–Crippen MR) is 94.0 cm³/mol. The molecule has 0 saturated carbocycles. The molecule has 0 saturated heterocycles. The Morgan fingerprint density at radius 1 is 1.00 bits per heavy atom. The van der Waals surface area contributed by atoms with Crippen molar-refractivity contribution in [1.29, 1.82) is 0 Å². The molecule has 0 amide bonds. The minimum absolute atomic E-state index is 0.0266. The van der Waals surface area contributed by atoms with E-state index in [9.17, 15) is 4.79 Å². The van der Waals surface area contributed by atoms with E-state index in [1.165, 1.54) is 19.8 Å². The van der Waals surface area contributed by atoms with E-state index in [-0.39, 0.29) is 5.78 Å². The molecule has 0 unspecified atom stereocenters. The Morgan fingerprint density at radius 3 is 1.95 bits per heavy atom. The average molecular weight is 319 g/mol. The number of Topliss-reactive ketones (excluding diaryl/α,β-unsaturated/α-hetero) is 1. The number of benzene rings is 2. The minimum Gasteiger partial charge on any atom is -0.497 e. The fraction of sp³-hybridized carbons (Fsp3) is 0.316. The van der Waals surface area contributed by atoms with E-state index in [1.54, 1.807) is 19.2 Å². The van der Waals surface area contributed by atoms with Gasteiger partial charge in [0.05, 0.1) is 12.1 Å². The first-order valence-corrected chi connectivity index (χ1v) is 7.86. The summed E-state index contributed by atoms with van der Waals surface area (Å²) >= 11 is 6.09. The smallest absolute Gasteiger partial charge is 0.161 e. The first-order valence-electron chi connectivity index (χ1n) is 7.48. The summed E-state index contributed by atoms with van der Waals surface area (Å²) in [5.74, 6) is 0.784. The van der Waals surface area contributed by atoms with Crippen LogP contribution < -0.4 is 4.74 Å². The lowest BCUT2D eigenvalue weighted by Gasteiger charge is -2.06. The van der Waals surface area contributed by atoms with E-state index in [2.05, 4.69) is 13.8 Å². The van der Waals surface area contributed by atoms with Crippen LogP contribution in [0.25, 0.3) is 11.1 Å². The Labute approximate surface area is 138 Å². The van der Waals surface area contributed by atoms with Gasteiger partial charge in [0.2, 0.25) is 0 Å². The lowest BCUT2D eigenvalue weighted by Crippen LogP contribution is -1.93. The van der Waals surface area contributed by atoms with Gasteiger partial charge < -0.3 is 4.74 Å². The van der Waals surface area contributed by atoms with Gasteiger partial charge in [-0.15, -0.1) is 0 Å². The van der Waals surface area contributed by atoms with Gasteiger partial charge in [0.15, 0.2) is 5.78 Å². The molecule has 0 heterocycles. The second-order valence-electron chi connectivity index (χ2n) is 4.98. The van der Waals surface area contributed by atoms with Crippen LogP contribution in [-0.2, 0) is 0 Å². The molecule has 2 rings (SSSR count). The van der Waals surface area contributed by atoms with Crippen LogP contribution in [0.2, 0.25) is 5.02 Å². The number of unbranched alkanes of at least 4 members (excludes halogenated alkanes) is 1. The Balaban J connectivity index is 0.000000541. The zero-order chi connectivity index (χ0) is 16.5. The lowest BCUT2D eigenvalue weighted by atomic mass is 10.0. The Morgan fingerprint density at radius 2 is 1.55 bits per heavy atom. The lowest BCUT2D eigenvalue weighted by molar-refractivity contribution is 0.101. The van der Waals surface area contributed by atoms with Gasteiger partial charge in [-0.05, 0) is 42.3 Å². The molecule has 0 aliphatic carbocycles. The van der Waals surface area contributed by atoms with Gasteiger partial charge in [-0.2, -0.15) is 0 Å². The molecule has 0 fully saturated rings. The van der Waals surface area contributed by atoms with E-state index >= 15 is 0 Å². The molecule has 0 bridgehead atoms. The third-order valence-corrected chi connectivity index (χ3v) is 3.58. The Hall–Kier alpha value is -1.80. The van der Waals surface area contributed by atoms with Crippen molar-refractivity contribution in [3.8, 4) is 16.9 Å². The molecule has 2 aromatic carbocycles. The molecule has 2 aromatic rings. The highest BCUT2D eigenvalue weighted by molar-refractivity contribution is 6.34. The van der Waals surface area contributed by atoms with E-state index in [4.69, 9.17) is 16.3 Å². The van der Waals surface area contributed by atoms with Gasteiger partial charge in [0, 0.05) is 5.56 Å². The standard InChI is InChI=1S/C15H13ClO2.C4H10/c1-10(17)14-8-5-12(9-15(14)16)11-3-6-13(18-2)7-4-11;1-3-4-2/h3-9H,1-2H3;3-4H2,1-2H3. The quantitative estimate of drug-likeness (QED) is 0.644. The van der Waals surface area contributed by atoms with Crippen molar-refractivity contribution >= 4 is 17.4 Å². The van der Waals surface area contributed by atoms with Crippen LogP contribution in [0.15, 0.2) is 42.5 Å². The molecule has 3 heteroatoms. The third-order valence-electron chi connectivity index (χ3n) is 3.27. The monoisotopic (exact) mass is 318 g/mol. The van der Waals surface area contributed by atoms with Gasteiger partial charge in [-0.25, -0.2) is 0 Å². The fourth-order valence-corrected chi connectivity index (χ4v) is 2.08. The number of carbonyl (C=O) groups is 1. The number of hydrogen-bond acceptors (Lipinski definition) is 2. The van der Waals surface area contributed by atoms with Crippen molar-refractivity contribution in [3.63, 3.8) is 0 Å². The van der Waals surface area contributed by atoms with Crippen LogP contribution in [0.5, 0.6) is 5.75 Å². The second-order valence-corrected chi connectivity index (χ2v) is 5.39. The summed E-state index contributed by atoms with van der Waals surface area (Å²) in [7, 11) is 1.63. The third kappa shape index (κ3) is 5.19. The van der Waals surface area contributed by atoms with Gasteiger partial charge in [-0.3, -0.25) is 4.79 Å². The first kappa shape index (κ1) is 18.2. The van der Waals surface area contributed by atoms with Crippen molar-refractivity contribution in [1.82, 2.24) is 0 Å². The zero-order valence-electron chi connectivity index (χ0n) is 13.7. The largest absolute Gasteiger partial charge is 0.497 e. The second kappa shape index (κ2) is 9.26. The normalized spacial score (nSPS) is 9.68. The molecular weight excluding hydrogens is 296 g/mol. The average Bonchev–Trinajstić information content (AvgIpc) is 2.54. The number of ketones is 1. The predicted octanol–water partition coefficient (Wildman–Crippen LogP) is 6.02. The highest BCUT2D eigenvalue weighted by Gasteiger charge is 2.07. The van der Waals surface area contributed by atoms with Gasteiger partial charge in [0.25, 0.3) is 0 Å². The molecule has 0 aliphatic heterocycles. The molecule has 0 radical (unpaired) electrons. The maximum Gasteiger partial charge on any atom is 0.161 e. The number of ether oxygens (including phenoxy) is 1. The van der Waals surface area contributed by atoms with Crippen molar-refractivity contribution in [2.24, 2.45) is 0 Å². The maximum atomic E-state index is 11.3. The SMILES string of the molecule is CCCC.COc1ccc(-c2ccc(C(C)=O)c(Cl)c2)cc1. The van der Waals surface area contributed by atoms with E-state index in [1.807, 2.05) is 30.3 Å². The highest BCUT2D eigenvalue weighted by atomic mass is 35.5. The molecule has 0 spiro atoms. The fourth-order valence-electron chi connectivity index (χ4n) is 1.76. The van der Waals surface area contributed by atoms with Crippen molar-refractivity contribution in [2.75, 3.05) is 7.11 Å².